The Bertz CT molecular complexity index is 1190. The fourth-order valence-corrected chi connectivity index (χ4v) is 4.70. The minimum Gasteiger partial charge on any atom is -0.490 e. The molecule has 1 saturated heterocycles. The molecule has 4 rings (SSSR count). The van der Waals surface area contributed by atoms with Crippen molar-refractivity contribution in [2.24, 2.45) is 0 Å². The number of allylic oxidation sites excluding steroid dienone is 1. The molecule has 6 heteroatoms. The van der Waals surface area contributed by atoms with E-state index in [-0.39, 0.29) is 5.91 Å². The molecule has 0 radical (unpaired) electrons. The lowest BCUT2D eigenvalue weighted by molar-refractivity contribution is -0.113. The van der Waals surface area contributed by atoms with E-state index in [1.807, 2.05) is 91.0 Å². The summed E-state index contributed by atoms with van der Waals surface area (Å²) in [5, 5.41) is 0. The van der Waals surface area contributed by atoms with E-state index in [0.29, 0.717) is 28.2 Å². The molecular weight excluding hydrogens is 450 g/mol. The maximum atomic E-state index is 13.0. The number of hydrogen-bond acceptors (Lipinski definition) is 5. The molecule has 0 N–H and O–H groups in total. The fraction of sp³-hybridized carbons (Fsp3) is 0.111. The predicted octanol–water partition coefficient (Wildman–Crippen LogP) is 6.28. The second-order valence-electron chi connectivity index (χ2n) is 7.19. The normalized spacial score (nSPS) is 14.5. The molecule has 1 fully saturated rings. The van der Waals surface area contributed by atoms with Crippen LogP contribution < -0.4 is 14.4 Å². The smallest absolute Gasteiger partial charge is 0.270 e. The van der Waals surface area contributed by atoms with E-state index in [9.17, 15) is 4.79 Å². The number of carbonyl (C=O) groups excluding carboxylic acids is 1. The van der Waals surface area contributed by atoms with Crippen molar-refractivity contribution in [3.05, 3.63) is 108 Å². The molecule has 1 aliphatic rings. The van der Waals surface area contributed by atoms with Crippen molar-refractivity contribution in [2.75, 3.05) is 18.1 Å². The first-order valence-electron chi connectivity index (χ1n) is 10.5. The third kappa shape index (κ3) is 5.53. The van der Waals surface area contributed by atoms with Crippen molar-refractivity contribution < 1.29 is 14.3 Å². The Morgan fingerprint density at radius 3 is 2.27 bits per heavy atom. The molecule has 0 aromatic heterocycles. The van der Waals surface area contributed by atoms with Crippen molar-refractivity contribution in [2.45, 2.75) is 6.42 Å². The lowest BCUT2D eigenvalue weighted by atomic mass is 10.1. The average Bonchev–Trinajstić information content (AvgIpc) is 3.12. The zero-order valence-corrected chi connectivity index (χ0v) is 19.6. The fourth-order valence-electron chi connectivity index (χ4n) is 3.41. The Morgan fingerprint density at radius 2 is 1.52 bits per heavy atom. The van der Waals surface area contributed by atoms with Gasteiger partial charge < -0.3 is 9.47 Å². The lowest BCUT2D eigenvalue weighted by Gasteiger charge is -2.14. The Kier molecular flexibility index (Phi) is 7.60. The summed E-state index contributed by atoms with van der Waals surface area (Å²) in [6.07, 6.45) is 4.44. The standard InChI is InChI=1S/C27H23NO3S2/c1-2-10-20-11-6-8-15-23(20)30-17-18-31-24-16-9-7-12-21(24)19-25-26(29)28(27(32)33-25)22-13-4-3-5-14-22/h2-9,11-16,19H,1,10,17-18H2. The van der Waals surface area contributed by atoms with Gasteiger partial charge in [-0.25, -0.2) is 0 Å². The van der Waals surface area contributed by atoms with Crippen LogP contribution in [0.25, 0.3) is 6.08 Å². The van der Waals surface area contributed by atoms with E-state index in [1.54, 1.807) is 4.90 Å². The number of benzene rings is 3. The molecule has 1 amide bonds. The quantitative estimate of drug-likeness (QED) is 0.158. The van der Waals surface area contributed by atoms with Gasteiger partial charge in [0.2, 0.25) is 0 Å². The number of anilines is 1. The molecule has 33 heavy (non-hydrogen) atoms. The number of thioether (sulfide) groups is 1. The maximum absolute atomic E-state index is 13.0. The van der Waals surface area contributed by atoms with E-state index in [4.69, 9.17) is 21.7 Å². The Hall–Kier alpha value is -3.35. The summed E-state index contributed by atoms with van der Waals surface area (Å²) >= 11 is 6.75. The molecule has 3 aromatic carbocycles. The molecule has 1 aliphatic heterocycles. The Labute approximate surface area is 203 Å². The molecule has 1 heterocycles. The van der Waals surface area contributed by atoms with Gasteiger partial charge in [-0.05, 0) is 42.3 Å². The van der Waals surface area contributed by atoms with Gasteiger partial charge in [0.25, 0.3) is 5.91 Å². The summed E-state index contributed by atoms with van der Waals surface area (Å²) in [7, 11) is 0. The summed E-state index contributed by atoms with van der Waals surface area (Å²) in [6, 6.07) is 25.0. The van der Waals surface area contributed by atoms with Crippen LogP contribution in [-0.4, -0.2) is 23.4 Å². The summed E-state index contributed by atoms with van der Waals surface area (Å²) in [5.41, 5.74) is 2.67. The van der Waals surface area contributed by atoms with Gasteiger partial charge in [0, 0.05) is 5.56 Å². The number of nitrogens with zero attached hydrogens (tertiary/aromatic N) is 1. The predicted molar refractivity (Wildman–Crippen MR) is 140 cm³/mol. The highest BCUT2D eigenvalue weighted by atomic mass is 32.2. The van der Waals surface area contributed by atoms with Crippen molar-refractivity contribution in [3.63, 3.8) is 0 Å². The number of para-hydroxylation sites is 3. The van der Waals surface area contributed by atoms with Crippen molar-refractivity contribution in [1.29, 1.82) is 0 Å². The summed E-state index contributed by atoms with van der Waals surface area (Å²) in [6.45, 7) is 4.57. The van der Waals surface area contributed by atoms with Crippen molar-refractivity contribution >= 4 is 46.0 Å². The first kappa shape index (κ1) is 22.8. The van der Waals surface area contributed by atoms with E-state index < -0.39 is 0 Å². The van der Waals surface area contributed by atoms with Crippen LogP contribution in [0, 0.1) is 0 Å². The van der Waals surface area contributed by atoms with Crippen LogP contribution in [0.3, 0.4) is 0 Å². The highest BCUT2D eigenvalue weighted by Crippen LogP contribution is 2.37. The molecule has 0 atom stereocenters. The van der Waals surface area contributed by atoms with Gasteiger partial charge in [-0.1, -0.05) is 84.7 Å². The largest absolute Gasteiger partial charge is 0.490 e. The summed E-state index contributed by atoms with van der Waals surface area (Å²) < 4.78 is 12.4. The second kappa shape index (κ2) is 11.0. The number of amides is 1. The molecule has 0 unspecified atom stereocenters. The van der Waals surface area contributed by atoms with Gasteiger partial charge in [0.15, 0.2) is 4.32 Å². The molecule has 4 nitrogen and oxygen atoms in total. The number of ether oxygens (including phenoxy) is 2. The van der Waals surface area contributed by atoms with E-state index in [0.717, 1.165) is 29.0 Å². The third-order valence-electron chi connectivity index (χ3n) is 4.95. The first-order chi connectivity index (χ1) is 16.2. The lowest BCUT2D eigenvalue weighted by Crippen LogP contribution is -2.27. The van der Waals surface area contributed by atoms with E-state index in [1.165, 1.54) is 11.8 Å². The maximum Gasteiger partial charge on any atom is 0.270 e. The topological polar surface area (TPSA) is 38.8 Å². The number of rotatable bonds is 9. The zero-order valence-electron chi connectivity index (χ0n) is 18.0. The molecule has 166 valence electrons. The van der Waals surface area contributed by atoms with Crippen molar-refractivity contribution in [3.8, 4) is 11.5 Å². The van der Waals surface area contributed by atoms with Crippen LogP contribution in [0.15, 0.2) is 96.4 Å². The van der Waals surface area contributed by atoms with Gasteiger partial charge >= 0.3 is 0 Å². The van der Waals surface area contributed by atoms with Gasteiger partial charge in [-0.3, -0.25) is 9.69 Å². The number of thiocarbonyl (C=S) groups is 1. The minimum atomic E-state index is -0.131. The van der Waals surface area contributed by atoms with Crippen LogP contribution in [0.1, 0.15) is 11.1 Å². The van der Waals surface area contributed by atoms with Gasteiger partial charge in [0.05, 0.1) is 10.6 Å². The monoisotopic (exact) mass is 473 g/mol. The molecular formula is C27H23NO3S2. The van der Waals surface area contributed by atoms with Crippen LogP contribution in [-0.2, 0) is 11.2 Å². The Morgan fingerprint density at radius 1 is 0.879 bits per heavy atom. The Balaban J connectivity index is 1.43. The SMILES string of the molecule is C=CCc1ccccc1OCCOc1ccccc1C=C1SC(=S)N(c2ccccc2)C1=O. The minimum absolute atomic E-state index is 0.131. The number of carbonyl (C=O) groups is 1. The summed E-state index contributed by atoms with van der Waals surface area (Å²) in [5.74, 6) is 1.39. The number of hydrogen-bond donors (Lipinski definition) is 0. The average molecular weight is 474 g/mol. The van der Waals surface area contributed by atoms with Gasteiger partial charge in [0.1, 0.15) is 24.7 Å². The molecule has 0 spiro atoms. The highest BCUT2D eigenvalue weighted by molar-refractivity contribution is 8.27. The van der Waals surface area contributed by atoms with E-state index in [2.05, 4.69) is 6.58 Å². The second-order valence-corrected chi connectivity index (χ2v) is 8.86. The molecule has 0 saturated carbocycles. The summed E-state index contributed by atoms with van der Waals surface area (Å²) in [4.78, 5) is 15.1. The highest BCUT2D eigenvalue weighted by Gasteiger charge is 2.33. The first-order valence-corrected chi connectivity index (χ1v) is 11.8. The molecule has 0 bridgehead atoms. The van der Waals surface area contributed by atoms with Gasteiger partial charge in [-0.2, -0.15) is 0 Å². The van der Waals surface area contributed by atoms with Crippen LogP contribution in [0.4, 0.5) is 5.69 Å². The van der Waals surface area contributed by atoms with Crippen LogP contribution in [0.2, 0.25) is 0 Å². The zero-order chi connectivity index (χ0) is 23.0. The third-order valence-corrected chi connectivity index (χ3v) is 6.25. The van der Waals surface area contributed by atoms with Gasteiger partial charge in [-0.15, -0.1) is 6.58 Å². The molecule has 3 aromatic rings. The van der Waals surface area contributed by atoms with Crippen LogP contribution in [0.5, 0.6) is 11.5 Å². The van der Waals surface area contributed by atoms with Crippen LogP contribution >= 0.6 is 24.0 Å². The molecule has 0 aliphatic carbocycles. The van der Waals surface area contributed by atoms with E-state index >= 15 is 0 Å². The van der Waals surface area contributed by atoms with Crippen molar-refractivity contribution in [1.82, 2.24) is 0 Å².